The molecule has 2 aliphatic rings. The highest BCUT2D eigenvalue weighted by atomic mass is 79.9. The molecule has 1 saturated carbocycles. The third-order valence-corrected chi connectivity index (χ3v) is 4.69. The van der Waals surface area contributed by atoms with E-state index in [0.29, 0.717) is 6.04 Å². The molecule has 1 N–H and O–H groups in total. The molecule has 1 aromatic rings. The van der Waals surface area contributed by atoms with E-state index >= 15 is 0 Å². The Bertz CT molecular complexity index is 417. The predicted molar refractivity (Wildman–Crippen MR) is 78.5 cm³/mol. The third-order valence-electron chi connectivity index (χ3n) is 4.20. The summed E-state index contributed by atoms with van der Waals surface area (Å²) in [6, 6.07) is 10.1. The molecule has 18 heavy (non-hydrogen) atoms. The lowest BCUT2D eigenvalue weighted by Gasteiger charge is -2.39. The molecule has 2 unspecified atom stereocenters. The molecule has 3 rings (SSSR count). The largest absolute Gasteiger partial charge is 0.311 e. The Morgan fingerprint density at radius 2 is 2.22 bits per heavy atom. The molecule has 2 atom stereocenters. The first-order chi connectivity index (χ1) is 8.72. The van der Waals surface area contributed by atoms with Crippen LogP contribution in [0.4, 0.5) is 0 Å². The molecule has 1 aliphatic carbocycles. The van der Waals surface area contributed by atoms with Crippen molar-refractivity contribution in [1.82, 2.24) is 10.2 Å². The van der Waals surface area contributed by atoms with Crippen LogP contribution in [0.3, 0.4) is 0 Å². The highest BCUT2D eigenvalue weighted by molar-refractivity contribution is 9.10. The van der Waals surface area contributed by atoms with E-state index in [-0.39, 0.29) is 0 Å². The number of nitrogens with zero attached hydrogens (tertiary/aromatic N) is 1. The van der Waals surface area contributed by atoms with Crippen LogP contribution in [0.25, 0.3) is 0 Å². The highest BCUT2D eigenvalue weighted by Crippen LogP contribution is 2.34. The number of benzene rings is 1. The number of halogens is 1. The molecule has 1 heterocycles. The van der Waals surface area contributed by atoms with Crippen molar-refractivity contribution in [3.63, 3.8) is 0 Å². The standard InChI is InChI=1S/C15H21BrN2/c1-11-8-17-15(13-5-6-13)10-18(11)9-12-3-2-4-14(16)7-12/h2-4,7,11,13,15,17H,5-6,8-10H2,1H3. The molecular weight excluding hydrogens is 288 g/mol. The predicted octanol–water partition coefficient (Wildman–Crippen LogP) is 3.02. The first kappa shape index (κ1) is 12.6. The maximum Gasteiger partial charge on any atom is 0.0238 e. The van der Waals surface area contributed by atoms with Gasteiger partial charge in [-0.05, 0) is 43.4 Å². The summed E-state index contributed by atoms with van der Waals surface area (Å²) >= 11 is 3.56. The van der Waals surface area contributed by atoms with E-state index in [0.717, 1.165) is 25.0 Å². The van der Waals surface area contributed by atoms with Gasteiger partial charge in [0.2, 0.25) is 0 Å². The number of nitrogens with one attached hydrogen (secondary N) is 1. The molecule has 0 aromatic heterocycles. The maximum atomic E-state index is 3.71. The van der Waals surface area contributed by atoms with Gasteiger partial charge in [0.1, 0.15) is 0 Å². The molecule has 0 spiro atoms. The Morgan fingerprint density at radius 1 is 1.39 bits per heavy atom. The van der Waals surface area contributed by atoms with Crippen LogP contribution < -0.4 is 5.32 Å². The SMILES string of the molecule is CC1CNC(C2CC2)CN1Cc1cccc(Br)c1. The molecule has 1 aromatic carbocycles. The van der Waals surface area contributed by atoms with Crippen molar-refractivity contribution in [1.29, 1.82) is 0 Å². The van der Waals surface area contributed by atoms with Gasteiger partial charge in [-0.25, -0.2) is 0 Å². The Labute approximate surface area is 118 Å². The van der Waals surface area contributed by atoms with Gasteiger partial charge in [0.05, 0.1) is 0 Å². The summed E-state index contributed by atoms with van der Waals surface area (Å²) < 4.78 is 1.18. The van der Waals surface area contributed by atoms with Crippen LogP contribution in [0.15, 0.2) is 28.7 Å². The summed E-state index contributed by atoms with van der Waals surface area (Å²) in [5.74, 6) is 0.947. The van der Waals surface area contributed by atoms with Crippen LogP contribution in [0.2, 0.25) is 0 Å². The molecular formula is C15H21BrN2. The summed E-state index contributed by atoms with van der Waals surface area (Å²) in [5.41, 5.74) is 1.41. The van der Waals surface area contributed by atoms with E-state index in [1.807, 2.05) is 0 Å². The second-order valence-corrected chi connectivity index (χ2v) is 6.68. The summed E-state index contributed by atoms with van der Waals surface area (Å²) in [5, 5.41) is 3.71. The zero-order valence-corrected chi connectivity index (χ0v) is 12.5. The van der Waals surface area contributed by atoms with Gasteiger partial charge < -0.3 is 5.32 Å². The quantitative estimate of drug-likeness (QED) is 0.923. The van der Waals surface area contributed by atoms with Gasteiger partial charge in [-0.15, -0.1) is 0 Å². The van der Waals surface area contributed by atoms with E-state index in [9.17, 15) is 0 Å². The van der Waals surface area contributed by atoms with Crippen LogP contribution in [0.5, 0.6) is 0 Å². The van der Waals surface area contributed by atoms with Crippen LogP contribution in [0, 0.1) is 5.92 Å². The minimum Gasteiger partial charge on any atom is -0.311 e. The van der Waals surface area contributed by atoms with Gasteiger partial charge in [0.25, 0.3) is 0 Å². The fourth-order valence-electron chi connectivity index (χ4n) is 2.85. The zero-order valence-electron chi connectivity index (χ0n) is 10.9. The van der Waals surface area contributed by atoms with Crippen molar-refractivity contribution >= 4 is 15.9 Å². The Morgan fingerprint density at radius 3 is 2.94 bits per heavy atom. The van der Waals surface area contributed by atoms with Gasteiger partial charge >= 0.3 is 0 Å². The van der Waals surface area contributed by atoms with Crippen molar-refractivity contribution in [2.75, 3.05) is 13.1 Å². The molecule has 0 bridgehead atoms. The lowest BCUT2D eigenvalue weighted by molar-refractivity contribution is 0.125. The van der Waals surface area contributed by atoms with Crippen LogP contribution >= 0.6 is 15.9 Å². The van der Waals surface area contributed by atoms with Gasteiger partial charge in [-0.3, -0.25) is 4.90 Å². The van der Waals surface area contributed by atoms with E-state index in [1.54, 1.807) is 0 Å². The lowest BCUT2D eigenvalue weighted by atomic mass is 10.1. The van der Waals surface area contributed by atoms with Crippen LogP contribution in [-0.4, -0.2) is 30.1 Å². The maximum absolute atomic E-state index is 3.71. The summed E-state index contributed by atoms with van der Waals surface area (Å²) in [6.07, 6.45) is 2.85. The van der Waals surface area contributed by atoms with Gasteiger partial charge in [-0.2, -0.15) is 0 Å². The van der Waals surface area contributed by atoms with Gasteiger partial charge in [-0.1, -0.05) is 28.1 Å². The van der Waals surface area contributed by atoms with Gasteiger partial charge in [0.15, 0.2) is 0 Å². The van der Waals surface area contributed by atoms with Crippen molar-refractivity contribution in [3.8, 4) is 0 Å². The Hall–Kier alpha value is -0.380. The first-order valence-corrected chi connectivity index (χ1v) is 7.73. The third kappa shape index (κ3) is 2.95. The topological polar surface area (TPSA) is 15.3 Å². The smallest absolute Gasteiger partial charge is 0.0238 e. The monoisotopic (exact) mass is 308 g/mol. The molecule has 0 amide bonds. The normalized spacial score (nSPS) is 29.4. The van der Waals surface area contributed by atoms with E-state index < -0.39 is 0 Å². The van der Waals surface area contributed by atoms with Gasteiger partial charge in [0, 0.05) is 36.2 Å². The molecule has 1 aliphatic heterocycles. The van der Waals surface area contributed by atoms with E-state index in [1.165, 1.54) is 29.4 Å². The highest BCUT2D eigenvalue weighted by Gasteiger charge is 2.35. The fourth-order valence-corrected chi connectivity index (χ4v) is 3.30. The molecule has 0 radical (unpaired) electrons. The minimum absolute atomic E-state index is 0.638. The molecule has 98 valence electrons. The fraction of sp³-hybridized carbons (Fsp3) is 0.600. The summed E-state index contributed by atoms with van der Waals surface area (Å²) in [6.45, 7) is 5.74. The summed E-state index contributed by atoms with van der Waals surface area (Å²) in [4.78, 5) is 2.63. The molecule has 1 saturated heterocycles. The summed E-state index contributed by atoms with van der Waals surface area (Å²) in [7, 11) is 0. The van der Waals surface area contributed by atoms with Crippen LogP contribution in [-0.2, 0) is 6.54 Å². The lowest BCUT2D eigenvalue weighted by Crippen LogP contribution is -2.55. The number of rotatable bonds is 3. The number of hydrogen-bond acceptors (Lipinski definition) is 2. The molecule has 3 heteroatoms. The Balaban J connectivity index is 1.66. The number of piperazine rings is 1. The average molecular weight is 309 g/mol. The van der Waals surface area contributed by atoms with Crippen molar-refractivity contribution in [2.45, 2.75) is 38.4 Å². The second kappa shape index (κ2) is 5.32. The zero-order chi connectivity index (χ0) is 12.5. The van der Waals surface area contributed by atoms with E-state index in [2.05, 4.69) is 57.3 Å². The number of hydrogen-bond donors (Lipinski definition) is 1. The van der Waals surface area contributed by atoms with Crippen molar-refractivity contribution in [2.24, 2.45) is 5.92 Å². The molecule has 2 nitrogen and oxygen atoms in total. The van der Waals surface area contributed by atoms with Crippen LogP contribution in [0.1, 0.15) is 25.3 Å². The van der Waals surface area contributed by atoms with Crippen molar-refractivity contribution < 1.29 is 0 Å². The molecule has 2 fully saturated rings. The van der Waals surface area contributed by atoms with E-state index in [4.69, 9.17) is 0 Å². The second-order valence-electron chi connectivity index (χ2n) is 5.76. The Kier molecular flexibility index (Phi) is 3.73. The first-order valence-electron chi connectivity index (χ1n) is 6.94. The minimum atomic E-state index is 0.638. The average Bonchev–Trinajstić information content (AvgIpc) is 3.16. The van der Waals surface area contributed by atoms with Crippen molar-refractivity contribution in [3.05, 3.63) is 34.3 Å².